The van der Waals surface area contributed by atoms with Crippen molar-refractivity contribution in [3.63, 3.8) is 0 Å². The number of rotatable bonds is 14. The van der Waals surface area contributed by atoms with E-state index in [2.05, 4.69) is 0 Å². The van der Waals surface area contributed by atoms with E-state index in [0.717, 1.165) is 37.8 Å². The topological polar surface area (TPSA) is 133 Å². The van der Waals surface area contributed by atoms with Crippen molar-refractivity contribution in [3.05, 3.63) is 65.5 Å². The largest absolute Gasteiger partial charge is 0.489 e. The molecule has 5 unspecified atom stereocenters. The molecule has 43 heavy (non-hydrogen) atoms. The summed E-state index contributed by atoms with van der Waals surface area (Å²) in [5, 5.41) is 0. The maximum absolute atomic E-state index is 13.1. The Balaban J connectivity index is 1.57. The second-order valence-corrected chi connectivity index (χ2v) is 9.95. The van der Waals surface area contributed by atoms with Gasteiger partial charge in [0.2, 0.25) is 0 Å². The van der Waals surface area contributed by atoms with Crippen molar-refractivity contribution in [3.8, 4) is 5.75 Å². The van der Waals surface area contributed by atoms with Crippen LogP contribution in [-0.4, -0.2) is 67.8 Å². The first-order valence-electron chi connectivity index (χ1n) is 13.9. The van der Waals surface area contributed by atoms with Crippen LogP contribution in [-0.2, 0) is 60.6 Å². The number of hydrogen-bond donors (Lipinski definition) is 0. The van der Waals surface area contributed by atoms with Gasteiger partial charge in [-0.25, -0.2) is 4.39 Å². The van der Waals surface area contributed by atoms with Gasteiger partial charge in [-0.3, -0.25) is 19.2 Å². The van der Waals surface area contributed by atoms with Crippen LogP contribution in [0.5, 0.6) is 5.75 Å². The van der Waals surface area contributed by atoms with Crippen LogP contribution in [0.15, 0.2) is 48.5 Å². The Kier molecular flexibility index (Phi) is 12.9. The second-order valence-electron chi connectivity index (χ2n) is 9.95. The van der Waals surface area contributed by atoms with Gasteiger partial charge in [-0.15, -0.1) is 0 Å². The molecule has 0 bridgehead atoms. The van der Waals surface area contributed by atoms with Gasteiger partial charge in [0.25, 0.3) is 0 Å². The Morgan fingerprint density at radius 3 is 1.91 bits per heavy atom. The first kappa shape index (κ1) is 33.5. The van der Waals surface area contributed by atoms with Gasteiger partial charge in [0.1, 0.15) is 30.9 Å². The lowest BCUT2D eigenvalue weighted by Gasteiger charge is -2.44. The molecular weight excluding hydrogens is 567 g/mol. The minimum absolute atomic E-state index is 0.201. The van der Waals surface area contributed by atoms with Crippen molar-refractivity contribution in [1.29, 1.82) is 0 Å². The van der Waals surface area contributed by atoms with Crippen LogP contribution in [0.1, 0.15) is 51.7 Å². The van der Waals surface area contributed by atoms with E-state index >= 15 is 0 Å². The first-order chi connectivity index (χ1) is 20.5. The highest BCUT2D eigenvalue weighted by atomic mass is 19.1. The third-order valence-corrected chi connectivity index (χ3v) is 6.33. The summed E-state index contributed by atoms with van der Waals surface area (Å²) in [7, 11) is 0. The Morgan fingerprint density at radius 2 is 1.30 bits per heavy atom. The van der Waals surface area contributed by atoms with E-state index in [4.69, 9.17) is 33.2 Å². The lowest BCUT2D eigenvalue weighted by molar-refractivity contribution is -0.308. The summed E-state index contributed by atoms with van der Waals surface area (Å²) in [4.78, 5) is 47.1. The number of carbonyl (C=O) groups excluding carboxylic acids is 4. The normalized spacial score (nSPS) is 21.4. The highest BCUT2D eigenvalue weighted by Gasteiger charge is 2.52. The molecule has 2 aromatic carbocycles. The van der Waals surface area contributed by atoms with Gasteiger partial charge in [0.05, 0.1) is 0 Å². The standard InChI is InChI=1S/C31H37FO11/c1-19(33)38-18-27-28(40-20(2)34)29(41-21(3)35)30(42-22(4)36)31(43-27)37-16-6-5-7-23-10-14-26(15-11-23)39-17-24-8-12-25(32)13-9-24/h8-15,27-31H,5-7,16-18H2,1-4H3. The minimum atomic E-state index is -1.27. The van der Waals surface area contributed by atoms with E-state index in [9.17, 15) is 23.6 Å². The minimum Gasteiger partial charge on any atom is -0.489 e. The average Bonchev–Trinajstić information content (AvgIpc) is 2.94. The molecule has 11 nitrogen and oxygen atoms in total. The predicted molar refractivity (Wildman–Crippen MR) is 148 cm³/mol. The van der Waals surface area contributed by atoms with Gasteiger partial charge >= 0.3 is 23.9 Å². The van der Waals surface area contributed by atoms with Crippen molar-refractivity contribution in [2.24, 2.45) is 0 Å². The van der Waals surface area contributed by atoms with E-state index in [1.807, 2.05) is 24.3 Å². The monoisotopic (exact) mass is 604 g/mol. The van der Waals surface area contributed by atoms with E-state index < -0.39 is 54.6 Å². The molecule has 1 saturated heterocycles. The molecular formula is C31H37FO11. The van der Waals surface area contributed by atoms with Crippen molar-refractivity contribution in [1.82, 2.24) is 0 Å². The molecule has 3 rings (SSSR count). The number of esters is 4. The van der Waals surface area contributed by atoms with Crippen molar-refractivity contribution in [2.75, 3.05) is 13.2 Å². The summed E-state index contributed by atoms with van der Waals surface area (Å²) in [6, 6.07) is 13.8. The van der Waals surface area contributed by atoms with Gasteiger partial charge in [-0.2, -0.15) is 0 Å². The zero-order valence-corrected chi connectivity index (χ0v) is 24.6. The number of halogens is 1. The Morgan fingerprint density at radius 1 is 0.721 bits per heavy atom. The molecule has 0 spiro atoms. The zero-order chi connectivity index (χ0) is 31.4. The second kappa shape index (κ2) is 16.6. The molecule has 0 aromatic heterocycles. The first-order valence-corrected chi connectivity index (χ1v) is 13.9. The molecule has 0 radical (unpaired) electrons. The Labute approximate surface area is 249 Å². The fourth-order valence-corrected chi connectivity index (χ4v) is 4.45. The molecule has 0 saturated carbocycles. The highest BCUT2D eigenvalue weighted by Crippen LogP contribution is 2.30. The van der Waals surface area contributed by atoms with Crippen molar-refractivity contribution < 1.29 is 56.7 Å². The molecule has 234 valence electrons. The van der Waals surface area contributed by atoms with Crippen LogP contribution in [0.4, 0.5) is 4.39 Å². The fraction of sp³-hybridized carbons (Fsp3) is 0.484. The van der Waals surface area contributed by atoms with Gasteiger partial charge in [-0.05, 0) is 54.7 Å². The summed E-state index contributed by atoms with van der Waals surface area (Å²) in [6.07, 6.45) is -3.89. The molecule has 1 heterocycles. The number of benzene rings is 2. The molecule has 5 atom stereocenters. The lowest BCUT2D eigenvalue weighted by atomic mass is 9.98. The average molecular weight is 605 g/mol. The molecule has 0 amide bonds. The summed E-state index contributed by atoms with van der Waals surface area (Å²) < 4.78 is 51.9. The Bertz CT molecular complexity index is 1220. The van der Waals surface area contributed by atoms with Crippen LogP contribution in [0.2, 0.25) is 0 Å². The van der Waals surface area contributed by atoms with Gasteiger partial charge in [-0.1, -0.05) is 24.3 Å². The van der Waals surface area contributed by atoms with E-state index in [-0.39, 0.29) is 19.0 Å². The third kappa shape index (κ3) is 11.3. The molecule has 1 aliphatic heterocycles. The van der Waals surface area contributed by atoms with Crippen LogP contribution in [0, 0.1) is 5.82 Å². The van der Waals surface area contributed by atoms with Crippen LogP contribution in [0.25, 0.3) is 0 Å². The molecule has 12 heteroatoms. The fourth-order valence-electron chi connectivity index (χ4n) is 4.45. The maximum atomic E-state index is 13.1. The molecule has 2 aromatic rings. The summed E-state index contributed by atoms with van der Waals surface area (Å²) in [5.74, 6) is -2.30. The summed E-state index contributed by atoms with van der Waals surface area (Å²) >= 11 is 0. The van der Waals surface area contributed by atoms with Crippen molar-refractivity contribution in [2.45, 2.75) is 84.3 Å². The number of unbranched alkanes of at least 4 members (excludes halogenated alkanes) is 1. The lowest BCUT2D eigenvalue weighted by Crippen LogP contribution is -2.63. The predicted octanol–water partition coefficient (Wildman–Crippen LogP) is 3.83. The third-order valence-electron chi connectivity index (χ3n) is 6.33. The molecule has 0 aliphatic carbocycles. The smallest absolute Gasteiger partial charge is 0.303 e. The number of ether oxygens (including phenoxy) is 7. The van der Waals surface area contributed by atoms with Crippen LogP contribution in [0.3, 0.4) is 0 Å². The zero-order valence-electron chi connectivity index (χ0n) is 24.6. The summed E-state index contributed by atoms with van der Waals surface area (Å²) in [6.45, 7) is 4.91. The van der Waals surface area contributed by atoms with Gasteiger partial charge in [0, 0.05) is 34.3 Å². The van der Waals surface area contributed by atoms with E-state index in [0.29, 0.717) is 18.8 Å². The number of carbonyl (C=O) groups is 4. The SMILES string of the molecule is CC(=O)OCC1OC(OCCCCc2ccc(OCc3ccc(F)cc3)cc2)C(OC(C)=O)C(OC(C)=O)C1OC(C)=O. The molecule has 1 fully saturated rings. The van der Waals surface area contributed by atoms with Gasteiger partial charge in [0.15, 0.2) is 24.6 Å². The van der Waals surface area contributed by atoms with E-state index in [1.165, 1.54) is 26.0 Å². The molecule has 1 aliphatic rings. The van der Waals surface area contributed by atoms with Crippen LogP contribution >= 0.6 is 0 Å². The Hall–Kier alpha value is -4.03. The maximum Gasteiger partial charge on any atom is 0.303 e. The van der Waals surface area contributed by atoms with Crippen LogP contribution < -0.4 is 4.74 Å². The summed E-state index contributed by atoms with van der Waals surface area (Å²) in [5.41, 5.74) is 1.95. The highest BCUT2D eigenvalue weighted by molar-refractivity contribution is 5.68. The van der Waals surface area contributed by atoms with Crippen molar-refractivity contribution >= 4 is 23.9 Å². The number of aryl methyl sites for hydroxylation is 1. The van der Waals surface area contributed by atoms with Gasteiger partial charge < -0.3 is 33.2 Å². The molecule has 0 N–H and O–H groups in total. The quantitative estimate of drug-likeness (QED) is 0.177. The van der Waals surface area contributed by atoms with E-state index in [1.54, 1.807) is 12.1 Å². The number of hydrogen-bond acceptors (Lipinski definition) is 11.